The zero-order valence-electron chi connectivity index (χ0n) is 9.69. The average molecular weight is 237 g/mol. The summed E-state index contributed by atoms with van der Waals surface area (Å²) in [5.41, 5.74) is 0. The van der Waals surface area contributed by atoms with E-state index < -0.39 is 0 Å². The largest absolute Gasteiger partial charge is 0.489 e. The van der Waals surface area contributed by atoms with Crippen LogP contribution in [0.25, 0.3) is 0 Å². The Morgan fingerprint density at radius 1 is 1.44 bits per heavy atom. The average Bonchev–Trinajstić information content (AvgIpc) is 2.81. The lowest BCUT2D eigenvalue weighted by Crippen LogP contribution is -2.36. The van der Waals surface area contributed by atoms with Gasteiger partial charge in [-0.05, 0) is 31.2 Å². The molecule has 0 spiro atoms. The Hall–Kier alpha value is -0.670. The van der Waals surface area contributed by atoms with Gasteiger partial charge in [-0.15, -0.1) is 0 Å². The van der Waals surface area contributed by atoms with Crippen molar-refractivity contribution in [2.45, 2.75) is 25.5 Å². The molecular formula is C13H19NOS. The molecule has 1 aromatic carbocycles. The molecule has 16 heavy (non-hydrogen) atoms. The maximum absolute atomic E-state index is 5.80. The zero-order valence-corrected chi connectivity index (χ0v) is 10.5. The molecule has 88 valence electrons. The SMILES string of the molecule is CC(CNC1CCSC1)Oc1ccccc1. The van der Waals surface area contributed by atoms with Crippen LogP contribution in [0.1, 0.15) is 13.3 Å². The molecule has 2 rings (SSSR count). The van der Waals surface area contributed by atoms with Crippen LogP contribution in [-0.4, -0.2) is 30.2 Å². The van der Waals surface area contributed by atoms with Gasteiger partial charge in [-0.3, -0.25) is 0 Å². The highest BCUT2D eigenvalue weighted by Gasteiger charge is 2.15. The van der Waals surface area contributed by atoms with Gasteiger partial charge in [-0.1, -0.05) is 18.2 Å². The molecule has 1 aliphatic rings. The maximum atomic E-state index is 5.80. The number of ether oxygens (including phenoxy) is 1. The number of benzene rings is 1. The van der Waals surface area contributed by atoms with E-state index in [9.17, 15) is 0 Å². The molecule has 0 radical (unpaired) electrons. The molecule has 1 saturated heterocycles. The lowest BCUT2D eigenvalue weighted by molar-refractivity contribution is 0.213. The van der Waals surface area contributed by atoms with E-state index in [-0.39, 0.29) is 6.10 Å². The Morgan fingerprint density at radius 2 is 2.25 bits per heavy atom. The van der Waals surface area contributed by atoms with Crippen LogP contribution in [0, 0.1) is 0 Å². The fraction of sp³-hybridized carbons (Fsp3) is 0.538. The number of thioether (sulfide) groups is 1. The van der Waals surface area contributed by atoms with Crippen LogP contribution >= 0.6 is 11.8 Å². The first-order chi connectivity index (χ1) is 7.84. The van der Waals surface area contributed by atoms with Crippen molar-refractivity contribution >= 4 is 11.8 Å². The van der Waals surface area contributed by atoms with Crippen LogP contribution in [0.15, 0.2) is 30.3 Å². The van der Waals surface area contributed by atoms with Gasteiger partial charge in [0, 0.05) is 18.3 Å². The van der Waals surface area contributed by atoms with Gasteiger partial charge in [0.2, 0.25) is 0 Å². The molecular weight excluding hydrogens is 218 g/mol. The van der Waals surface area contributed by atoms with Crippen molar-refractivity contribution in [1.29, 1.82) is 0 Å². The molecule has 0 bridgehead atoms. The first kappa shape index (κ1) is 11.8. The fourth-order valence-electron chi connectivity index (χ4n) is 1.80. The molecule has 2 nitrogen and oxygen atoms in total. The predicted molar refractivity (Wildman–Crippen MR) is 70.3 cm³/mol. The van der Waals surface area contributed by atoms with Gasteiger partial charge in [0.1, 0.15) is 11.9 Å². The van der Waals surface area contributed by atoms with E-state index in [0.717, 1.165) is 12.3 Å². The van der Waals surface area contributed by atoms with Gasteiger partial charge >= 0.3 is 0 Å². The van der Waals surface area contributed by atoms with E-state index in [4.69, 9.17) is 4.74 Å². The fourth-order valence-corrected chi connectivity index (χ4v) is 2.99. The van der Waals surface area contributed by atoms with Gasteiger partial charge in [-0.25, -0.2) is 0 Å². The minimum Gasteiger partial charge on any atom is -0.489 e. The third-order valence-electron chi connectivity index (χ3n) is 2.70. The van der Waals surface area contributed by atoms with Crippen molar-refractivity contribution < 1.29 is 4.74 Å². The second kappa shape index (κ2) is 6.16. The molecule has 1 fully saturated rings. The molecule has 1 heterocycles. The molecule has 0 aliphatic carbocycles. The zero-order chi connectivity index (χ0) is 11.2. The maximum Gasteiger partial charge on any atom is 0.119 e. The first-order valence-corrected chi connectivity index (χ1v) is 7.03. The molecule has 2 atom stereocenters. The topological polar surface area (TPSA) is 21.3 Å². The summed E-state index contributed by atoms with van der Waals surface area (Å²) in [6.45, 7) is 3.04. The molecule has 0 aromatic heterocycles. The van der Waals surface area contributed by atoms with Crippen LogP contribution in [0.2, 0.25) is 0 Å². The van der Waals surface area contributed by atoms with Crippen molar-refractivity contribution in [1.82, 2.24) is 5.32 Å². The van der Waals surface area contributed by atoms with Gasteiger partial charge in [0.15, 0.2) is 0 Å². The van der Waals surface area contributed by atoms with Crippen LogP contribution in [0.5, 0.6) is 5.75 Å². The minimum atomic E-state index is 0.230. The minimum absolute atomic E-state index is 0.230. The number of nitrogens with one attached hydrogen (secondary N) is 1. The number of rotatable bonds is 5. The van der Waals surface area contributed by atoms with Crippen molar-refractivity contribution in [3.63, 3.8) is 0 Å². The van der Waals surface area contributed by atoms with Crippen molar-refractivity contribution in [2.24, 2.45) is 0 Å². The molecule has 1 N–H and O–H groups in total. The van der Waals surface area contributed by atoms with Crippen molar-refractivity contribution in [2.75, 3.05) is 18.1 Å². The highest BCUT2D eigenvalue weighted by molar-refractivity contribution is 7.99. The summed E-state index contributed by atoms with van der Waals surface area (Å²) in [4.78, 5) is 0. The molecule has 0 saturated carbocycles. The molecule has 2 unspecified atom stereocenters. The Morgan fingerprint density at radius 3 is 2.94 bits per heavy atom. The van der Waals surface area contributed by atoms with E-state index in [0.29, 0.717) is 6.04 Å². The summed E-state index contributed by atoms with van der Waals surface area (Å²) >= 11 is 2.03. The van der Waals surface area contributed by atoms with Crippen molar-refractivity contribution in [3.8, 4) is 5.75 Å². The summed E-state index contributed by atoms with van der Waals surface area (Å²) in [7, 11) is 0. The third kappa shape index (κ3) is 3.72. The van der Waals surface area contributed by atoms with Crippen LogP contribution in [0.4, 0.5) is 0 Å². The van der Waals surface area contributed by atoms with E-state index in [1.165, 1.54) is 17.9 Å². The van der Waals surface area contributed by atoms with E-state index in [2.05, 4.69) is 12.2 Å². The van der Waals surface area contributed by atoms with Gasteiger partial charge < -0.3 is 10.1 Å². The number of para-hydroxylation sites is 1. The Kier molecular flexibility index (Phi) is 4.55. The van der Waals surface area contributed by atoms with Crippen LogP contribution in [-0.2, 0) is 0 Å². The van der Waals surface area contributed by atoms with E-state index in [1.54, 1.807) is 0 Å². The highest BCUT2D eigenvalue weighted by atomic mass is 32.2. The number of hydrogen-bond acceptors (Lipinski definition) is 3. The summed E-state index contributed by atoms with van der Waals surface area (Å²) < 4.78 is 5.80. The van der Waals surface area contributed by atoms with E-state index >= 15 is 0 Å². The number of hydrogen-bond donors (Lipinski definition) is 1. The molecule has 0 amide bonds. The van der Waals surface area contributed by atoms with Gasteiger partial charge in [0.05, 0.1) is 0 Å². The standard InChI is InChI=1S/C13H19NOS/c1-11(9-14-12-7-8-16-10-12)15-13-5-3-2-4-6-13/h2-6,11-12,14H,7-10H2,1H3. The summed E-state index contributed by atoms with van der Waals surface area (Å²) in [6.07, 6.45) is 1.52. The normalized spacial score (nSPS) is 21.9. The quantitative estimate of drug-likeness (QED) is 0.850. The van der Waals surface area contributed by atoms with Crippen LogP contribution < -0.4 is 10.1 Å². The second-order valence-electron chi connectivity index (χ2n) is 4.21. The van der Waals surface area contributed by atoms with Crippen molar-refractivity contribution in [3.05, 3.63) is 30.3 Å². The smallest absolute Gasteiger partial charge is 0.119 e. The van der Waals surface area contributed by atoms with E-state index in [1.807, 2.05) is 42.1 Å². The Labute approximate surface area is 102 Å². The van der Waals surface area contributed by atoms with Gasteiger partial charge in [0.25, 0.3) is 0 Å². The monoisotopic (exact) mass is 237 g/mol. The van der Waals surface area contributed by atoms with Gasteiger partial charge in [-0.2, -0.15) is 11.8 Å². The second-order valence-corrected chi connectivity index (χ2v) is 5.36. The lowest BCUT2D eigenvalue weighted by atomic mass is 10.2. The Balaban J connectivity index is 1.69. The molecule has 1 aromatic rings. The first-order valence-electron chi connectivity index (χ1n) is 5.87. The lowest BCUT2D eigenvalue weighted by Gasteiger charge is -2.18. The summed E-state index contributed by atoms with van der Waals surface area (Å²) in [5.74, 6) is 3.50. The highest BCUT2D eigenvalue weighted by Crippen LogP contribution is 2.17. The summed E-state index contributed by atoms with van der Waals surface area (Å²) in [5, 5.41) is 3.56. The Bertz CT molecular complexity index is 298. The predicted octanol–water partition coefficient (Wildman–Crippen LogP) is 2.55. The molecule has 1 aliphatic heterocycles. The van der Waals surface area contributed by atoms with Crippen LogP contribution in [0.3, 0.4) is 0 Å². The summed E-state index contributed by atoms with van der Waals surface area (Å²) in [6, 6.07) is 10.7. The third-order valence-corrected chi connectivity index (χ3v) is 3.87. The molecule has 3 heteroatoms.